The van der Waals surface area contributed by atoms with E-state index in [9.17, 15) is 9.90 Å². The molecular formula is C14H16N2O2S. The van der Waals surface area contributed by atoms with Crippen molar-refractivity contribution in [2.75, 3.05) is 13.1 Å². The summed E-state index contributed by atoms with van der Waals surface area (Å²) in [7, 11) is 0. The van der Waals surface area contributed by atoms with Crippen molar-refractivity contribution < 1.29 is 9.90 Å². The van der Waals surface area contributed by atoms with Gasteiger partial charge in [-0.3, -0.25) is 4.79 Å². The number of nitrogens with zero attached hydrogens (tertiary/aromatic N) is 2. The van der Waals surface area contributed by atoms with Gasteiger partial charge in [0.1, 0.15) is 4.88 Å². The van der Waals surface area contributed by atoms with E-state index in [1.54, 1.807) is 4.90 Å². The average molecular weight is 276 g/mol. The summed E-state index contributed by atoms with van der Waals surface area (Å²) in [5, 5.41) is 11.6. The predicted octanol–water partition coefficient (Wildman–Crippen LogP) is 2.14. The molecule has 5 heteroatoms. The van der Waals surface area contributed by atoms with Crippen molar-refractivity contribution in [1.29, 1.82) is 0 Å². The van der Waals surface area contributed by atoms with Crippen LogP contribution in [0.5, 0.6) is 0 Å². The Bertz CT molecular complexity index is 562. The zero-order valence-electron chi connectivity index (χ0n) is 10.5. The highest BCUT2D eigenvalue weighted by Crippen LogP contribution is 2.24. The highest BCUT2D eigenvalue weighted by molar-refractivity contribution is 7.12. The molecule has 1 unspecified atom stereocenters. The minimum Gasteiger partial charge on any atom is -0.391 e. The van der Waals surface area contributed by atoms with Crippen molar-refractivity contribution in [2.24, 2.45) is 0 Å². The Morgan fingerprint density at radius 2 is 2.16 bits per heavy atom. The van der Waals surface area contributed by atoms with E-state index in [4.69, 9.17) is 0 Å². The first-order valence-electron chi connectivity index (χ1n) is 6.44. The van der Waals surface area contributed by atoms with Crippen LogP contribution in [0.1, 0.15) is 22.5 Å². The van der Waals surface area contributed by atoms with Crippen LogP contribution in [-0.4, -0.2) is 39.7 Å². The second-order valence-corrected chi connectivity index (χ2v) is 5.69. The van der Waals surface area contributed by atoms with Gasteiger partial charge in [-0.2, -0.15) is 0 Å². The molecule has 2 aromatic rings. The molecule has 100 valence electrons. The number of hydrogen-bond acceptors (Lipinski definition) is 3. The smallest absolute Gasteiger partial charge is 0.266 e. The summed E-state index contributed by atoms with van der Waals surface area (Å²) in [5.41, 5.74) is 0.917. The van der Waals surface area contributed by atoms with E-state index < -0.39 is 0 Å². The Kier molecular flexibility index (Phi) is 3.40. The standard InChI is InChI=1S/C14H16N2O2S/c17-11-4-3-8-16(10-11)14(18)13-12(5-9-19-13)15-6-1-2-7-15/h1-2,5-7,9,11,17H,3-4,8,10H2. The first-order chi connectivity index (χ1) is 9.25. The summed E-state index contributed by atoms with van der Waals surface area (Å²) < 4.78 is 1.95. The fourth-order valence-corrected chi connectivity index (χ4v) is 3.30. The van der Waals surface area contributed by atoms with Crippen LogP contribution in [0.4, 0.5) is 0 Å². The molecule has 0 aliphatic carbocycles. The molecule has 1 aliphatic heterocycles. The van der Waals surface area contributed by atoms with E-state index in [2.05, 4.69) is 0 Å². The molecule has 1 fully saturated rings. The molecule has 1 aliphatic rings. The van der Waals surface area contributed by atoms with Gasteiger partial charge in [0.05, 0.1) is 11.8 Å². The van der Waals surface area contributed by atoms with E-state index >= 15 is 0 Å². The average Bonchev–Trinajstić information content (AvgIpc) is 3.08. The van der Waals surface area contributed by atoms with Gasteiger partial charge in [0, 0.05) is 25.5 Å². The van der Waals surface area contributed by atoms with Crippen molar-refractivity contribution in [3.63, 3.8) is 0 Å². The Labute approximate surface area is 115 Å². The van der Waals surface area contributed by atoms with Gasteiger partial charge in [-0.15, -0.1) is 11.3 Å². The first kappa shape index (κ1) is 12.4. The van der Waals surface area contributed by atoms with Gasteiger partial charge in [0.15, 0.2) is 0 Å². The van der Waals surface area contributed by atoms with Gasteiger partial charge < -0.3 is 14.6 Å². The maximum absolute atomic E-state index is 12.5. The maximum Gasteiger partial charge on any atom is 0.266 e. The number of rotatable bonds is 2. The minimum atomic E-state index is -0.382. The summed E-state index contributed by atoms with van der Waals surface area (Å²) >= 11 is 1.46. The second kappa shape index (κ2) is 5.19. The molecule has 2 aromatic heterocycles. The summed E-state index contributed by atoms with van der Waals surface area (Å²) in [6, 6.07) is 5.84. The predicted molar refractivity (Wildman–Crippen MR) is 74.8 cm³/mol. The van der Waals surface area contributed by atoms with Gasteiger partial charge in [-0.05, 0) is 36.4 Å². The van der Waals surface area contributed by atoms with Gasteiger partial charge >= 0.3 is 0 Å². The number of carbonyl (C=O) groups excluding carboxylic acids is 1. The molecule has 1 atom stereocenters. The number of thiophene rings is 1. The third-order valence-corrected chi connectivity index (χ3v) is 4.30. The van der Waals surface area contributed by atoms with Crippen molar-refractivity contribution in [3.8, 4) is 5.69 Å². The minimum absolute atomic E-state index is 0.0254. The monoisotopic (exact) mass is 276 g/mol. The third-order valence-electron chi connectivity index (χ3n) is 3.41. The lowest BCUT2D eigenvalue weighted by molar-refractivity contribution is 0.0478. The highest BCUT2D eigenvalue weighted by atomic mass is 32.1. The number of β-amino-alcohol motifs (C(OH)–C–C–N with tert-alkyl or cyclic N) is 1. The molecule has 1 N–H and O–H groups in total. The molecule has 0 radical (unpaired) electrons. The molecule has 3 rings (SSSR count). The van der Waals surface area contributed by atoms with E-state index in [1.165, 1.54) is 11.3 Å². The lowest BCUT2D eigenvalue weighted by Gasteiger charge is -2.30. The van der Waals surface area contributed by atoms with E-state index in [1.807, 2.05) is 40.5 Å². The van der Waals surface area contributed by atoms with Gasteiger partial charge in [-0.1, -0.05) is 0 Å². The summed E-state index contributed by atoms with van der Waals surface area (Å²) in [6.45, 7) is 1.18. The summed E-state index contributed by atoms with van der Waals surface area (Å²) in [6.07, 6.45) is 5.15. The Balaban J connectivity index is 1.86. The number of hydrogen-bond donors (Lipinski definition) is 1. The molecule has 0 spiro atoms. The largest absolute Gasteiger partial charge is 0.391 e. The van der Waals surface area contributed by atoms with E-state index in [-0.39, 0.29) is 12.0 Å². The summed E-state index contributed by atoms with van der Waals surface area (Å²) in [4.78, 5) is 15.0. The van der Waals surface area contributed by atoms with Gasteiger partial charge in [0.2, 0.25) is 0 Å². The van der Waals surface area contributed by atoms with Crippen LogP contribution in [0.2, 0.25) is 0 Å². The first-order valence-corrected chi connectivity index (χ1v) is 7.32. The third kappa shape index (κ3) is 2.43. The molecule has 0 saturated carbocycles. The van der Waals surface area contributed by atoms with Crippen LogP contribution in [-0.2, 0) is 0 Å². The lowest BCUT2D eigenvalue weighted by atomic mass is 10.1. The molecule has 19 heavy (non-hydrogen) atoms. The molecule has 0 bridgehead atoms. The number of likely N-dealkylation sites (tertiary alicyclic amines) is 1. The fraction of sp³-hybridized carbons (Fsp3) is 0.357. The van der Waals surface area contributed by atoms with Crippen LogP contribution in [0.15, 0.2) is 36.0 Å². The van der Waals surface area contributed by atoms with Crippen molar-refractivity contribution in [3.05, 3.63) is 40.8 Å². The highest BCUT2D eigenvalue weighted by Gasteiger charge is 2.25. The number of carbonyl (C=O) groups is 1. The number of piperidine rings is 1. The Morgan fingerprint density at radius 1 is 1.37 bits per heavy atom. The molecule has 1 amide bonds. The Morgan fingerprint density at radius 3 is 2.89 bits per heavy atom. The van der Waals surface area contributed by atoms with Gasteiger partial charge in [0.25, 0.3) is 5.91 Å². The van der Waals surface area contributed by atoms with Crippen LogP contribution < -0.4 is 0 Å². The SMILES string of the molecule is O=C(c1sccc1-n1cccc1)N1CCCC(O)C1. The van der Waals surface area contributed by atoms with Crippen molar-refractivity contribution >= 4 is 17.2 Å². The van der Waals surface area contributed by atoms with E-state index in [0.29, 0.717) is 6.54 Å². The number of aliphatic hydroxyl groups excluding tert-OH is 1. The van der Waals surface area contributed by atoms with Crippen molar-refractivity contribution in [2.45, 2.75) is 18.9 Å². The molecular weight excluding hydrogens is 260 g/mol. The topological polar surface area (TPSA) is 45.5 Å². The number of aliphatic hydroxyl groups is 1. The van der Waals surface area contributed by atoms with Crippen LogP contribution in [0.3, 0.4) is 0 Å². The quantitative estimate of drug-likeness (QED) is 0.913. The zero-order valence-corrected chi connectivity index (χ0v) is 11.3. The zero-order chi connectivity index (χ0) is 13.2. The maximum atomic E-state index is 12.5. The van der Waals surface area contributed by atoms with Crippen molar-refractivity contribution in [1.82, 2.24) is 9.47 Å². The molecule has 4 nitrogen and oxygen atoms in total. The van der Waals surface area contributed by atoms with Crippen LogP contribution in [0.25, 0.3) is 5.69 Å². The number of aromatic nitrogens is 1. The number of amides is 1. The van der Waals surface area contributed by atoms with Crippen LogP contribution >= 0.6 is 11.3 Å². The second-order valence-electron chi connectivity index (χ2n) is 4.77. The van der Waals surface area contributed by atoms with E-state index in [0.717, 1.165) is 30.0 Å². The Hall–Kier alpha value is -1.59. The molecule has 3 heterocycles. The summed E-state index contributed by atoms with van der Waals surface area (Å²) in [5.74, 6) is 0.0254. The van der Waals surface area contributed by atoms with Gasteiger partial charge in [-0.25, -0.2) is 0 Å². The molecule has 0 aromatic carbocycles. The van der Waals surface area contributed by atoms with Crippen LogP contribution in [0, 0.1) is 0 Å². The fourth-order valence-electron chi connectivity index (χ4n) is 2.44. The lowest BCUT2D eigenvalue weighted by Crippen LogP contribution is -2.42. The normalized spacial score (nSPS) is 19.6. The molecule has 1 saturated heterocycles.